The van der Waals surface area contributed by atoms with Gasteiger partial charge in [0, 0.05) is 10.6 Å². The molecule has 0 unspecified atom stereocenters. The highest BCUT2D eigenvalue weighted by Gasteiger charge is 2.10. The molecule has 1 aromatic carbocycles. The molecule has 1 N–H and O–H groups in total. The first-order valence-electron chi connectivity index (χ1n) is 6.56. The molecule has 0 fully saturated rings. The third-order valence-electron chi connectivity index (χ3n) is 3.12. The van der Waals surface area contributed by atoms with Crippen molar-refractivity contribution in [1.82, 2.24) is 9.97 Å². The number of aryl methyl sites for hydroxylation is 1. The molecule has 2 aromatic heterocycles. The van der Waals surface area contributed by atoms with Crippen molar-refractivity contribution in [3.05, 3.63) is 40.5 Å². The summed E-state index contributed by atoms with van der Waals surface area (Å²) in [6.45, 7) is 2.12. The van der Waals surface area contributed by atoms with Gasteiger partial charge in [-0.05, 0) is 48.4 Å². The largest absolute Gasteiger partial charge is 0.497 e. The summed E-state index contributed by atoms with van der Waals surface area (Å²) in [5.41, 5.74) is 0.927. The number of nitrogens with zero attached hydrogens (tertiary/aromatic N) is 2. The molecule has 0 saturated carbocycles. The number of nitrogens with one attached hydrogen (secondary N) is 1. The molecular formula is C15H14ClN3OS. The van der Waals surface area contributed by atoms with Gasteiger partial charge in [0.2, 0.25) is 5.28 Å². The summed E-state index contributed by atoms with van der Waals surface area (Å²) in [6, 6.07) is 9.78. The van der Waals surface area contributed by atoms with Crippen LogP contribution in [0.1, 0.15) is 11.8 Å². The van der Waals surface area contributed by atoms with E-state index in [9.17, 15) is 0 Å². The van der Waals surface area contributed by atoms with Gasteiger partial charge in [0.1, 0.15) is 16.4 Å². The number of halogens is 1. The van der Waals surface area contributed by atoms with E-state index in [1.807, 2.05) is 24.3 Å². The van der Waals surface area contributed by atoms with Gasteiger partial charge >= 0.3 is 0 Å². The number of ether oxygens (including phenoxy) is 1. The standard InChI is InChI=1S/C15H14ClN3OS/c1-3-11-8-12-13(18-15(16)19-14(12)21-11)17-9-4-6-10(20-2)7-5-9/h4-8H,3H2,1-2H3,(H,17,18,19). The van der Waals surface area contributed by atoms with Crippen molar-refractivity contribution in [2.75, 3.05) is 12.4 Å². The fourth-order valence-corrected chi connectivity index (χ4v) is 3.21. The Kier molecular flexibility index (Phi) is 3.94. The van der Waals surface area contributed by atoms with Crippen molar-refractivity contribution < 1.29 is 4.74 Å². The SMILES string of the molecule is CCc1cc2c(Nc3ccc(OC)cc3)nc(Cl)nc2s1. The zero-order chi connectivity index (χ0) is 14.8. The van der Waals surface area contributed by atoms with Crippen molar-refractivity contribution in [2.24, 2.45) is 0 Å². The number of fused-ring (bicyclic) bond motifs is 1. The lowest BCUT2D eigenvalue weighted by atomic mass is 10.2. The zero-order valence-electron chi connectivity index (χ0n) is 11.7. The summed E-state index contributed by atoms with van der Waals surface area (Å²) in [4.78, 5) is 10.8. The van der Waals surface area contributed by atoms with Gasteiger partial charge in [-0.15, -0.1) is 11.3 Å². The Hall–Kier alpha value is -1.85. The normalized spacial score (nSPS) is 10.8. The number of aromatic nitrogens is 2. The monoisotopic (exact) mass is 319 g/mol. The van der Waals surface area contributed by atoms with Crippen LogP contribution >= 0.6 is 22.9 Å². The Morgan fingerprint density at radius 2 is 2.00 bits per heavy atom. The van der Waals surface area contributed by atoms with Crippen molar-refractivity contribution in [3.63, 3.8) is 0 Å². The minimum Gasteiger partial charge on any atom is -0.497 e. The lowest BCUT2D eigenvalue weighted by Crippen LogP contribution is -1.96. The molecular weight excluding hydrogens is 306 g/mol. The third-order valence-corrected chi connectivity index (χ3v) is 4.46. The van der Waals surface area contributed by atoms with E-state index in [0.717, 1.165) is 33.9 Å². The van der Waals surface area contributed by atoms with Crippen LogP contribution in [0.2, 0.25) is 5.28 Å². The first-order chi connectivity index (χ1) is 10.2. The van der Waals surface area contributed by atoms with E-state index >= 15 is 0 Å². The van der Waals surface area contributed by atoms with Gasteiger partial charge in [0.05, 0.1) is 12.5 Å². The predicted molar refractivity (Wildman–Crippen MR) is 88.1 cm³/mol. The maximum atomic E-state index is 6.01. The summed E-state index contributed by atoms with van der Waals surface area (Å²) in [5, 5.41) is 4.54. The number of thiophene rings is 1. The second-order valence-electron chi connectivity index (χ2n) is 4.48. The average Bonchev–Trinajstić information content (AvgIpc) is 2.91. The van der Waals surface area contributed by atoms with Crippen LogP contribution in [0.4, 0.5) is 11.5 Å². The second kappa shape index (κ2) is 5.87. The van der Waals surface area contributed by atoms with Crippen LogP contribution in [0.3, 0.4) is 0 Å². The van der Waals surface area contributed by atoms with Crippen LogP contribution in [0.15, 0.2) is 30.3 Å². The molecule has 108 valence electrons. The first kappa shape index (κ1) is 14.1. The van der Waals surface area contributed by atoms with Gasteiger partial charge in [-0.1, -0.05) is 6.92 Å². The fraction of sp³-hybridized carbons (Fsp3) is 0.200. The second-order valence-corrected chi connectivity index (χ2v) is 5.93. The van der Waals surface area contributed by atoms with Gasteiger partial charge < -0.3 is 10.1 Å². The maximum absolute atomic E-state index is 6.01. The molecule has 0 bridgehead atoms. The van der Waals surface area contributed by atoms with Gasteiger partial charge in [-0.3, -0.25) is 0 Å². The summed E-state index contributed by atoms with van der Waals surface area (Å²) >= 11 is 7.66. The van der Waals surface area contributed by atoms with E-state index in [-0.39, 0.29) is 5.28 Å². The molecule has 4 nitrogen and oxygen atoms in total. The van der Waals surface area contributed by atoms with Crippen LogP contribution in [-0.2, 0) is 6.42 Å². The Labute approximate surface area is 131 Å². The Morgan fingerprint density at radius 3 is 2.67 bits per heavy atom. The summed E-state index contributed by atoms with van der Waals surface area (Å²) in [5.74, 6) is 1.54. The quantitative estimate of drug-likeness (QED) is 0.710. The molecule has 2 heterocycles. The minimum absolute atomic E-state index is 0.253. The van der Waals surface area contributed by atoms with E-state index in [1.54, 1.807) is 18.4 Å². The topological polar surface area (TPSA) is 47.0 Å². The summed E-state index contributed by atoms with van der Waals surface area (Å²) in [6.07, 6.45) is 0.973. The van der Waals surface area contributed by atoms with Crippen molar-refractivity contribution in [3.8, 4) is 5.75 Å². The number of rotatable bonds is 4. The molecule has 0 aliphatic heterocycles. The van der Waals surface area contributed by atoms with Gasteiger partial charge in [0.25, 0.3) is 0 Å². The Bertz CT molecular complexity index is 770. The highest BCUT2D eigenvalue weighted by molar-refractivity contribution is 7.18. The maximum Gasteiger partial charge on any atom is 0.225 e. The molecule has 6 heteroatoms. The highest BCUT2D eigenvalue weighted by Crippen LogP contribution is 2.32. The van der Waals surface area contributed by atoms with E-state index in [1.165, 1.54) is 4.88 Å². The average molecular weight is 320 g/mol. The van der Waals surface area contributed by atoms with Crippen LogP contribution < -0.4 is 10.1 Å². The molecule has 0 aliphatic rings. The van der Waals surface area contributed by atoms with Crippen LogP contribution in [-0.4, -0.2) is 17.1 Å². The molecule has 0 radical (unpaired) electrons. The first-order valence-corrected chi connectivity index (χ1v) is 7.76. The van der Waals surface area contributed by atoms with E-state index < -0.39 is 0 Å². The lowest BCUT2D eigenvalue weighted by Gasteiger charge is -2.07. The number of benzene rings is 1. The number of methoxy groups -OCH3 is 1. The summed E-state index contributed by atoms with van der Waals surface area (Å²) < 4.78 is 5.15. The highest BCUT2D eigenvalue weighted by atomic mass is 35.5. The molecule has 3 aromatic rings. The fourth-order valence-electron chi connectivity index (χ4n) is 2.03. The number of anilines is 2. The van der Waals surface area contributed by atoms with Gasteiger partial charge in [-0.25, -0.2) is 4.98 Å². The molecule has 0 amide bonds. The van der Waals surface area contributed by atoms with E-state index in [2.05, 4.69) is 28.3 Å². The Morgan fingerprint density at radius 1 is 1.24 bits per heavy atom. The smallest absolute Gasteiger partial charge is 0.225 e. The molecule has 0 spiro atoms. The van der Waals surface area contributed by atoms with Crippen molar-refractivity contribution >= 4 is 44.7 Å². The van der Waals surface area contributed by atoms with Crippen LogP contribution in [0.25, 0.3) is 10.2 Å². The molecule has 0 saturated heterocycles. The van der Waals surface area contributed by atoms with E-state index in [0.29, 0.717) is 0 Å². The van der Waals surface area contributed by atoms with Gasteiger partial charge in [-0.2, -0.15) is 4.98 Å². The lowest BCUT2D eigenvalue weighted by molar-refractivity contribution is 0.415. The van der Waals surface area contributed by atoms with Crippen molar-refractivity contribution in [1.29, 1.82) is 0 Å². The number of hydrogen-bond acceptors (Lipinski definition) is 5. The van der Waals surface area contributed by atoms with Crippen LogP contribution in [0.5, 0.6) is 5.75 Å². The van der Waals surface area contributed by atoms with E-state index in [4.69, 9.17) is 16.3 Å². The molecule has 0 atom stereocenters. The van der Waals surface area contributed by atoms with Gasteiger partial charge in [0.15, 0.2) is 0 Å². The molecule has 21 heavy (non-hydrogen) atoms. The van der Waals surface area contributed by atoms with Crippen LogP contribution in [0, 0.1) is 0 Å². The van der Waals surface area contributed by atoms with Crippen molar-refractivity contribution in [2.45, 2.75) is 13.3 Å². The summed E-state index contributed by atoms with van der Waals surface area (Å²) in [7, 11) is 1.65. The molecule has 3 rings (SSSR count). The predicted octanol–water partition coefficient (Wildman–Crippen LogP) is 4.66. The minimum atomic E-state index is 0.253. The zero-order valence-corrected chi connectivity index (χ0v) is 13.3. The third kappa shape index (κ3) is 2.94. The molecule has 0 aliphatic carbocycles. The Balaban J connectivity index is 2.00. The number of hydrogen-bond donors (Lipinski definition) is 1.